The van der Waals surface area contributed by atoms with Crippen LogP contribution in [0.3, 0.4) is 0 Å². The number of hydrogen-bond donors (Lipinski definition) is 2. The lowest BCUT2D eigenvalue weighted by Gasteiger charge is -2.17. The number of nitrogens with one attached hydrogen (secondary N) is 2. The number of hydrogen-bond acceptors (Lipinski definition) is 5. The summed E-state index contributed by atoms with van der Waals surface area (Å²) in [4.78, 5) is 35.5. The van der Waals surface area contributed by atoms with Gasteiger partial charge >= 0.3 is 5.97 Å². The number of fused-ring (bicyclic) bond motifs is 1. The van der Waals surface area contributed by atoms with Gasteiger partial charge in [0.2, 0.25) is 11.8 Å². The van der Waals surface area contributed by atoms with Crippen molar-refractivity contribution in [2.75, 3.05) is 13.7 Å². The Morgan fingerprint density at radius 3 is 2.63 bits per heavy atom. The Morgan fingerprint density at radius 1 is 1.20 bits per heavy atom. The standard InChI is InChI=1S/C23H26N2O5/c1-13-9-16-11-17(12-24-22(27)14(2)25-15(3)26)30-21(16)20(10-13)18-7-5-6-8-19(18)23(28)29-4/h5-10,14,17H,11-12H2,1-4H3,(H,24,27)(H,25,26)/t14-,17?/m0/s1. The zero-order chi connectivity index (χ0) is 21.8. The molecule has 0 spiro atoms. The predicted molar refractivity (Wildman–Crippen MR) is 112 cm³/mol. The minimum Gasteiger partial charge on any atom is -0.487 e. The van der Waals surface area contributed by atoms with Crippen molar-refractivity contribution in [3.63, 3.8) is 0 Å². The van der Waals surface area contributed by atoms with Gasteiger partial charge in [0.25, 0.3) is 0 Å². The maximum absolute atomic E-state index is 12.2. The first-order chi connectivity index (χ1) is 14.3. The minimum atomic E-state index is -0.615. The fourth-order valence-electron chi connectivity index (χ4n) is 3.65. The lowest BCUT2D eigenvalue weighted by atomic mass is 9.94. The number of ether oxygens (including phenoxy) is 2. The number of benzene rings is 2. The summed E-state index contributed by atoms with van der Waals surface area (Å²) in [6.45, 7) is 5.31. The van der Waals surface area contributed by atoms with Crippen molar-refractivity contribution in [3.05, 3.63) is 53.1 Å². The maximum Gasteiger partial charge on any atom is 0.338 e. The van der Waals surface area contributed by atoms with Crippen molar-refractivity contribution in [2.45, 2.75) is 39.3 Å². The van der Waals surface area contributed by atoms with E-state index >= 15 is 0 Å². The lowest BCUT2D eigenvalue weighted by molar-refractivity contribution is -0.127. The number of carbonyl (C=O) groups is 3. The van der Waals surface area contributed by atoms with Gasteiger partial charge in [-0.05, 0) is 42.7 Å². The smallest absolute Gasteiger partial charge is 0.338 e. The van der Waals surface area contributed by atoms with Gasteiger partial charge in [0.05, 0.1) is 19.2 Å². The molecule has 2 N–H and O–H groups in total. The molecule has 0 aliphatic carbocycles. The van der Waals surface area contributed by atoms with Crippen molar-refractivity contribution in [1.29, 1.82) is 0 Å². The van der Waals surface area contributed by atoms with Gasteiger partial charge in [-0.2, -0.15) is 0 Å². The number of amides is 2. The molecule has 0 bridgehead atoms. The van der Waals surface area contributed by atoms with E-state index in [2.05, 4.69) is 16.7 Å². The SMILES string of the molecule is COC(=O)c1ccccc1-c1cc(C)cc2c1OC(CNC(=O)[C@H](C)NC(C)=O)C2. The molecule has 0 saturated carbocycles. The second-order valence-corrected chi connectivity index (χ2v) is 7.45. The average molecular weight is 410 g/mol. The number of carbonyl (C=O) groups excluding carboxylic acids is 3. The van der Waals surface area contributed by atoms with Crippen LogP contribution in [0.4, 0.5) is 0 Å². The molecule has 0 radical (unpaired) electrons. The molecular formula is C23H26N2O5. The van der Waals surface area contributed by atoms with E-state index in [4.69, 9.17) is 9.47 Å². The van der Waals surface area contributed by atoms with Crippen LogP contribution in [0.5, 0.6) is 5.75 Å². The molecule has 3 rings (SSSR count). The Hall–Kier alpha value is -3.35. The summed E-state index contributed by atoms with van der Waals surface area (Å²) in [6.07, 6.45) is 0.401. The zero-order valence-electron chi connectivity index (χ0n) is 17.6. The van der Waals surface area contributed by atoms with Crippen molar-refractivity contribution in [1.82, 2.24) is 10.6 Å². The van der Waals surface area contributed by atoms with Gasteiger partial charge < -0.3 is 20.1 Å². The highest BCUT2D eigenvalue weighted by atomic mass is 16.5. The zero-order valence-corrected chi connectivity index (χ0v) is 17.6. The van der Waals surface area contributed by atoms with Crippen LogP contribution in [-0.4, -0.2) is 43.6 Å². The van der Waals surface area contributed by atoms with Crippen molar-refractivity contribution < 1.29 is 23.9 Å². The summed E-state index contributed by atoms with van der Waals surface area (Å²) in [6, 6.07) is 10.7. The normalized spacial score (nSPS) is 15.5. The van der Waals surface area contributed by atoms with Crippen LogP contribution in [0.25, 0.3) is 11.1 Å². The topological polar surface area (TPSA) is 93.7 Å². The summed E-state index contributed by atoms with van der Waals surface area (Å²) in [7, 11) is 1.36. The van der Waals surface area contributed by atoms with Crippen LogP contribution < -0.4 is 15.4 Å². The summed E-state index contributed by atoms with van der Waals surface area (Å²) in [5.41, 5.74) is 4.12. The fraction of sp³-hybridized carbons (Fsp3) is 0.348. The summed E-state index contributed by atoms with van der Waals surface area (Å²) >= 11 is 0. The van der Waals surface area contributed by atoms with Gasteiger partial charge in [-0.15, -0.1) is 0 Å². The Kier molecular flexibility index (Phi) is 6.40. The number of esters is 1. The van der Waals surface area contributed by atoms with Gasteiger partial charge in [0, 0.05) is 18.9 Å². The molecule has 1 heterocycles. The largest absolute Gasteiger partial charge is 0.487 e. The van der Waals surface area contributed by atoms with Gasteiger partial charge in [-0.25, -0.2) is 4.79 Å². The lowest BCUT2D eigenvalue weighted by Crippen LogP contribution is -2.46. The van der Waals surface area contributed by atoms with E-state index in [-0.39, 0.29) is 17.9 Å². The molecule has 2 atom stereocenters. The number of rotatable bonds is 6. The van der Waals surface area contributed by atoms with Crippen LogP contribution in [0.1, 0.15) is 35.3 Å². The fourth-order valence-corrected chi connectivity index (χ4v) is 3.65. The van der Waals surface area contributed by atoms with Gasteiger partial charge in [0.1, 0.15) is 17.9 Å². The highest BCUT2D eigenvalue weighted by Crippen LogP contribution is 2.41. The molecule has 7 nitrogen and oxygen atoms in total. The first-order valence-electron chi connectivity index (χ1n) is 9.82. The Labute approximate surface area is 175 Å². The van der Waals surface area contributed by atoms with Crippen LogP contribution >= 0.6 is 0 Å². The van der Waals surface area contributed by atoms with Crippen LogP contribution in [0.15, 0.2) is 36.4 Å². The minimum absolute atomic E-state index is 0.237. The van der Waals surface area contributed by atoms with E-state index in [1.54, 1.807) is 19.1 Å². The molecule has 0 aromatic heterocycles. The molecule has 30 heavy (non-hydrogen) atoms. The molecule has 0 fully saturated rings. The molecule has 1 aliphatic heterocycles. The van der Waals surface area contributed by atoms with Crippen LogP contribution in [-0.2, 0) is 20.7 Å². The second-order valence-electron chi connectivity index (χ2n) is 7.45. The monoisotopic (exact) mass is 410 g/mol. The number of aryl methyl sites for hydroxylation is 1. The first kappa shape index (κ1) is 21.4. The van der Waals surface area contributed by atoms with E-state index < -0.39 is 12.0 Å². The first-order valence-corrected chi connectivity index (χ1v) is 9.82. The average Bonchev–Trinajstić information content (AvgIpc) is 3.12. The molecule has 158 valence electrons. The van der Waals surface area contributed by atoms with Gasteiger partial charge in [0.15, 0.2) is 0 Å². The van der Waals surface area contributed by atoms with E-state index in [1.165, 1.54) is 14.0 Å². The Balaban J connectivity index is 1.81. The predicted octanol–water partition coefficient (Wildman–Crippen LogP) is 2.39. The molecule has 1 aliphatic rings. The molecule has 2 amide bonds. The Bertz CT molecular complexity index is 986. The molecular weight excluding hydrogens is 384 g/mol. The second kappa shape index (κ2) is 8.98. The van der Waals surface area contributed by atoms with Crippen molar-refractivity contribution in [3.8, 4) is 16.9 Å². The summed E-state index contributed by atoms with van der Waals surface area (Å²) in [5, 5.41) is 5.38. The van der Waals surface area contributed by atoms with Gasteiger partial charge in [-0.1, -0.05) is 24.3 Å². The maximum atomic E-state index is 12.2. The van der Waals surface area contributed by atoms with Crippen LogP contribution in [0, 0.1) is 6.92 Å². The third kappa shape index (κ3) is 4.62. The quantitative estimate of drug-likeness (QED) is 0.714. The molecule has 0 saturated heterocycles. The molecule has 7 heteroatoms. The van der Waals surface area contributed by atoms with Gasteiger partial charge in [-0.3, -0.25) is 9.59 Å². The highest BCUT2D eigenvalue weighted by molar-refractivity contribution is 5.98. The van der Waals surface area contributed by atoms with E-state index in [0.29, 0.717) is 24.3 Å². The van der Waals surface area contributed by atoms with Crippen LogP contribution in [0.2, 0.25) is 0 Å². The van der Waals surface area contributed by atoms with E-state index in [0.717, 1.165) is 22.3 Å². The highest BCUT2D eigenvalue weighted by Gasteiger charge is 2.28. The summed E-state index contributed by atoms with van der Waals surface area (Å²) < 4.78 is 11.1. The third-order valence-electron chi connectivity index (χ3n) is 4.98. The molecule has 1 unspecified atom stereocenters. The Morgan fingerprint density at radius 2 is 1.93 bits per heavy atom. The number of methoxy groups -OCH3 is 1. The molecule has 2 aromatic rings. The third-order valence-corrected chi connectivity index (χ3v) is 4.98. The van der Waals surface area contributed by atoms with E-state index in [9.17, 15) is 14.4 Å². The van der Waals surface area contributed by atoms with Crippen molar-refractivity contribution >= 4 is 17.8 Å². The van der Waals surface area contributed by atoms with Crippen molar-refractivity contribution in [2.24, 2.45) is 0 Å². The van der Waals surface area contributed by atoms with E-state index in [1.807, 2.05) is 25.1 Å². The summed E-state index contributed by atoms with van der Waals surface area (Å²) in [5.74, 6) is -0.218. The molecule has 2 aromatic carbocycles.